The average molecular weight is 267 g/mol. The minimum absolute atomic E-state index is 0.0186. The molecule has 0 saturated carbocycles. The van der Waals surface area contributed by atoms with E-state index in [-0.39, 0.29) is 12.2 Å². The molecule has 0 bridgehead atoms. The van der Waals surface area contributed by atoms with Crippen molar-refractivity contribution in [3.05, 3.63) is 52.6 Å². The minimum Gasteiger partial charge on any atom is -0.310 e. The molecular formula is C18H21NO. The quantitative estimate of drug-likeness (QED) is 0.617. The van der Waals surface area contributed by atoms with E-state index >= 15 is 0 Å². The first kappa shape index (κ1) is 14.4. The molecule has 0 spiro atoms. The average Bonchev–Trinajstić information content (AvgIpc) is 2.38. The summed E-state index contributed by atoms with van der Waals surface area (Å²) in [4.78, 5) is 11.8. The molecule has 0 aliphatic heterocycles. The summed E-state index contributed by atoms with van der Waals surface area (Å²) < 4.78 is 0. The van der Waals surface area contributed by atoms with Gasteiger partial charge < -0.3 is 5.41 Å². The van der Waals surface area contributed by atoms with E-state index in [0.29, 0.717) is 11.3 Å². The van der Waals surface area contributed by atoms with Crippen LogP contribution in [0, 0.1) is 5.41 Å². The molecule has 1 aromatic rings. The maximum Gasteiger partial charge on any atom is 0.168 e. The summed E-state index contributed by atoms with van der Waals surface area (Å²) in [7, 11) is 0. The van der Waals surface area contributed by atoms with Crippen molar-refractivity contribution < 1.29 is 4.79 Å². The Kier molecular flexibility index (Phi) is 4.67. The summed E-state index contributed by atoms with van der Waals surface area (Å²) in [5.41, 5.74) is 5.03. The van der Waals surface area contributed by atoms with Crippen molar-refractivity contribution in [2.45, 2.75) is 39.5 Å². The van der Waals surface area contributed by atoms with Gasteiger partial charge in [-0.25, -0.2) is 0 Å². The number of carbonyl (C=O) groups excluding carboxylic acids is 1. The van der Waals surface area contributed by atoms with E-state index in [0.717, 1.165) is 12.0 Å². The molecule has 0 aromatic heterocycles. The highest BCUT2D eigenvalue weighted by atomic mass is 16.1. The van der Waals surface area contributed by atoms with Gasteiger partial charge in [0.05, 0.1) is 0 Å². The van der Waals surface area contributed by atoms with Crippen LogP contribution in [0.25, 0.3) is 6.08 Å². The molecule has 1 aliphatic rings. The van der Waals surface area contributed by atoms with E-state index in [1.807, 2.05) is 24.3 Å². The van der Waals surface area contributed by atoms with E-state index in [1.165, 1.54) is 24.0 Å². The highest BCUT2D eigenvalue weighted by molar-refractivity contribution is 6.08. The number of nitrogens with one attached hydrogen (secondary N) is 1. The second-order valence-corrected chi connectivity index (χ2v) is 5.57. The lowest BCUT2D eigenvalue weighted by atomic mass is 9.94. The van der Waals surface area contributed by atoms with Gasteiger partial charge in [0.2, 0.25) is 0 Å². The molecule has 104 valence electrons. The van der Waals surface area contributed by atoms with Crippen LogP contribution in [-0.4, -0.2) is 11.5 Å². The largest absolute Gasteiger partial charge is 0.310 e. The fourth-order valence-electron chi connectivity index (χ4n) is 2.47. The number of carbonyl (C=O) groups is 1. The smallest absolute Gasteiger partial charge is 0.168 e. The summed E-state index contributed by atoms with van der Waals surface area (Å²) in [5.74, 6) is 0.0186. The van der Waals surface area contributed by atoms with E-state index < -0.39 is 0 Å². The molecule has 0 unspecified atom stereocenters. The van der Waals surface area contributed by atoms with E-state index in [2.05, 4.69) is 19.1 Å². The Bertz CT molecular complexity index is 576. The van der Waals surface area contributed by atoms with Crippen LogP contribution in [-0.2, 0) is 0 Å². The van der Waals surface area contributed by atoms with Gasteiger partial charge in [0.15, 0.2) is 5.78 Å². The minimum atomic E-state index is 0.0186. The van der Waals surface area contributed by atoms with Crippen LogP contribution in [0.3, 0.4) is 0 Å². The van der Waals surface area contributed by atoms with Crippen LogP contribution in [0.5, 0.6) is 0 Å². The van der Waals surface area contributed by atoms with Gasteiger partial charge in [0.25, 0.3) is 0 Å². The molecule has 0 radical (unpaired) electrons. The molecule has 2 nitrogen and oxygen atoms in total. The van der Waals surface area contributed by atoms with Gasteiger partial charge in [0, 0.05) is 17.7 Å². The van der Waals surface area contributed by atoms with Crippen molar-refractivity contribution in [1.29, 1.82) is 5.41 Å². The van der Waals surface area contributed by atoms with E-state index in [1.54, 1.807) is 6.92 Å². The van der Waals surface area contributed by atoms with Gasteiger partial charge in [-0.05, 0) is 44.2 Å². The second-order valence-electron chi connectivity index (χ2n) is 5.57. The number of allylic oxidation sites excluding steroid dienone is 3. The topological polar surface area (TPSA) is 40.9 Å². The van der Waals surface area contributed by atoms with Gasteiger partial charge in [-0.2, -0.15) is 0 Å². The van der Waals surface area contributed by atoms with Crippen LogP contribution in [0.4, 0.5) is 0 Å². The van der Waals surface area contributed by atoms with Crippen molar-refractivity contribution >= 4 is 17.6 Å². The molecule has 1 aliphatic carbocycles. The Morgan fingerprint density at radius 2 is 1.95 bits per heavy atom. The highest BCUT2D eigenvalue weighted by Crippen LogP contribution is 2.23. The number of rotatable bonds is 4. The van der Waals surface area contributed by atoms with Crippen molar-refractivity contribution in [1.82, 2.24) is 0 Å². The Morgan fingerprint density at radius 1 is 1.25 bits per heavy atom. The zero-order chi connectivity index (χ0) is 14.5. The first-order chi connectivity index (χ1) is 9.54. The summed E-state index contributed by atoms with van der Waals surface area (Å²) in [6, 6.07) is 7.68. The van der Waals surface area contributed by atoms with Crippen LogP contribution in [0.15, 0.2) is 41.5 Å². The van der Waals surface area contributed by atoms with Gasteiger partial charge in [-0.3, -0.25) is 4.79 Å². The van der Waals surface area contributed by atoms with Gasteiger partial charge >= 0.3 is 0 Å². The van der Waals surface area contributed by atoms with Crippen molar-refractivity contribution in [3.8, 4) is 0 Å². The molecule has 0 fully saturated rings. The molecule has 0 atom stereocenters. The summed E-state index contributed by atoms with van der Waals surface area (Å²) in [6.07, 6.45) is 8.23. The zero-order valence-electron chi connectivity index (χ0n) is 12.2. The predicted octanol–water partition coefficient (Wildman–Crippen LogP) is 4.81. The Hall–Kier alpha value is -1.96. The number of Topliss-reactive ketones (excluding diaryl/α,β-unsaturated/α-hetero) is 1. The predicted molar refractivity (Wildman–Crippen MR) is 84.4 cm³/mol. The molecular weight excluding hydrogens is 246 g/mol. The molecule has 0 saturated heterocycles. The lowest BCUT2D eigenvalue weighted by Gasteiger charge is -2.11. The van der Waals surface area contributed by atoms with Gasteiger partial charge in [0.1, 0.15) is 0 Å². The standard InChI is InChI=1S/C18H21NO/c1-13-4-3-5-16(10-13)12-15-6-8-17(9-7-15)18(20)11-14(2)19/h6-10,12,19H,3-5,11H2,1-2H3/b16-12-,19-14?. The van der Waals surface area contributed by atoms with Crippen LogP contribution < -0.4 is 0 Å². The maximum atomic E-state index is 11.8. The molecule has 2 heteroatoms. The highest BCUT2D eigenvalue weighted by Gasteiger charge is 2.07. The molecule has 2 rings (SSSR count). The van der Waals surface area contributed by atoms with Crippen LogP contribution in [0.2, 0.25) is 0 Å². The first-order valence-corrected chi connectivity index (χ1v) is 7.09. The van der Waals surface area contributed by atoms with E-state index in [4.69, 9.17) is 5.41 Å². The number of benzene rings is 1. The monoisotopic (exact) mass is 267 g/mol. The summed E-state index contributed by atoms with van der Waals surface area (Å²) in [5, 5.41) is 7.37. The zero-order valence-corrected chi connectivity index (χ0v) is 12.2. The van der Waals surface area contributed by atoms with Crippen molar-refractivity contribution in [2.75, 3.05) is 0 Å². The van der Waals surface area contributed by atoms with Crippen LogP contribution in [0.1, 0.15) is 55.5 Å². The third-order valence-corrected chi connectivity index (χ3v) is 3.48. The number of hydrogen-bond acceptors (Lipinski definition) is 2. The number of ketones is 1. The Balaban J connectivity index is 2.12. The lowest BCUT2D eigenvalue weighted by molar-refractivity contribution is 0.100. The molecule has 1 aromatic carbocycles. The van der Waals surface area contributed by atoms with E-state index in [9.17, 15) is 4.79 Å². The van der Waals surface area contributed by atoms with Crippen molar-refractivity contribution in [3.63, 3.8) is 0 Å². The first-order valence-electron chi connectivity index (χ1n) is 7.09. The molecule has 0 heterocycles. The maximum absolute atomic E-state index is 11.8. The fourth-order valence-corrected chi connectivity index (χ4v) is 2.47. The summed E-state index contributed by atoms with van der Waals surface area (Å²) in [6.45, 7) is 3.84. The molecule has 0 amide bonds. The van der Waals surface area contributed by atoms with Crippen LogP contribution >= 0.6 is 0 Å². The lowest BCUT2D eigenvalue weighted by Crippen LogP contribution is -2.04. The van der Waals surface area contributed by atoms with Gasteiger partial charge in [-0.1, -0.05) is 42.0 Å². The summed E-state index contributed by atoms with van der Waals surface area (Å²) >= 11 is 0. The number of hydrogen-bond donors (Lipinski definition) is 1. The SMILES string of the molecule is CC(=N)CC(=O)c1ccc(/C=C2\C=C(C)CCC2)cc1. The third kappa shape index (κ3) is 4.02. The van der Waals surface area contributed by atoms with Gasteiger partial charge in [-0.15, -0.1) is 0 Å². The van der Waals surface area contributed by atoms with Crippen molar-refractivity contribution in [2.24, 2.45) is 0 Å². The second kappa shape index (κ2) is 6.47. The normalized spacial score (nSPS) is 16.9. The molecule has 20 heavy (non-hydrogen) atoms. The Labute approximate surface area is 120 Å². The fraction of sp³-hybridized carbons (Fsp3) is 0.333. The molecule has 1 N–H and O–H groups in total. The third-order valence-electron chi connectivity index (χ3n) is 3.48. The Morgan fingerprint density at radius 3 is 2.55 bits per heavy atom.